The van der Waals surface area contributed by atoms with Gasteiger partial charge in [-0.25, -0.2) is 24.1 Å². The van der Waals surface area contributed by atoms with Crippen LogP contribution < -0.4 is 15.8 Å². The minimum Gasteiger partial charge on any atom is -0.459 e. The van der Waals surface area contributed by atoms with Gasteiger partial charge in [-0.1, -0.05) is 23.2 Å². The van der Waals surface area contributed by atoms with Gasteiger partial charge in [-0.15, -0.1) is 0 Å². The predicted octanol–water partition coefficient (Wildman–Crippen LogP) is 3.73. The molecule has 1 aliphatic heterocycles. The second-order valence-electron chi connectivity index (χ2n) is 6.00. The third-order valence-electron chi connectivity index (χ3n) is 3.95. The number of nitrogens with one attached hydrogen (secondary N) is 1. The van der Waals surface area contributed by atoms with Crippen LogP contribution in [0.5, 0.6) is 5.88 Å². The van der Waals surface area contributed by atoms with Crippen LogP contribution in [0.4, 0.5) is 23.8 Å². The van der Waals surface area contributed by atoms with E-state index in [1.165, 1.54) is 12.3 Å². The fourth-order valence-corrected chi connectivity index (χ4v) is 2.83. The molecule has 0 saturated heterocycles. The molecular formula is C16H12Cl2F3N5O3. The first-order chi connectivity index (χ1) is 13.5. The van der Waals surface area contributed by atoms with E-state index in [0.29, 0.717) is 0 Å². The number of ether oxygens (including phenoxy) is 2. The second kappa shape index (κ2) is 7.56. The van der Waals surface area contributed by atoms with E-state index in [-0.39, 0.29) is 21.7 Å². The number of amides is 1. The number of amidine groups is 1. The van der Waals surface area contributed by atoms with Crippen molar-refractivity contribution in [1.29, 1.82) is 0 Å². The molecule has 0 fully saturated rings. The highest BCUT2D eigenvalue weighted by Crippen LogP contribution is 2.43. The predicted molar refractivity (Wildman–Crippen MR) is 98.0 cm³/mol. The summed E-state index contributed by atoms with van der Waals surface area (Å²) in [6.07, 6.45) is 0.0968. The van der Waals surface area contributed by atoms with Gasteiger partial charge >= 0.3 is 12.0 Å². The lowest BCUT2D eigenvalue weighted by Gasteiger charge is -2.36. The Morgan fingerprint density at radius 3 is 2.79 bits per heavy atom. The molecule has 2 aromatic heterocycles. The molecule has 13 heteroatoms. The number of rotatable bonds is 3. The number of nitrogens with two attached hydrogens (primary N) is 1. The molecule has 1 aliphatic rings. The third kappa shape index (κ3) is 4.15. The van der Waals surface area contributed by atoms with Gasteiger partial charge in [0, 0.05) is 6.20 Å². The summed E-state index contributed by atoms with van der Waals surface area (Å²) in [5, 5.41) is 2.35. The summed E-state index contributed by atoms with van der Waals surface area (Å²) in [7, 11) is 0. The van der Waals surface area contributed by atoms with Crippen LogP contribution in [-0.4, -0.2) is 34.6 Å². The maximum atomic E-state index is 14.4. The SMILES string of the molecule is C[C@]1(c2nc(NC(=O)Oc3ncc(Cl)cc3Cl)ccc2F)N=C(N)OCC1(F)F. The number of carbonyl (C=O) groups excluding carboxylic acids is 1. The number of aliphatic imine (C=N–C) groups is 1. The number of alkyl halides is 2. The molecule has 29 heavy (non-hydrogen) atoms. The van der Waals surface area contributed by atoms with Gasteiger partial charge in [0.05, 0.1) is 5.02 Å². The van der Waals surface area contributed by atoms with Gasteiger partial charge in [0.25, 0.3) is 6.02 Å². The van der Waals surface area contributed by atoms with Crippen LogP contribution >= 0.6 is 23.2 Å². The molecule has 3 N–H and O–H groups in total. The van der Waals surface area contributed by atoms with Gasteiger partial charge < -0.3 is 15.2 Å². The standard InChI is InChI=1S/C16H12Cl2F3N5O3/c1-15(16(20,21)6-28-13(22)26-15)11-9(19)2-3-10(24-11)25-14(27)29-12-8(18)4-7(17)5-23-12/h2-5H,6H2,1H3,(H2,22,26)(H,24,25,27)/t15-/m1/s1. The first-order valence-electron chi connectivity index (χ1n) is 7.85. The maximum absolute atomic E-state index is 14.4. The van der Waals surface area contributed by atoms with Crippen molar-refractivity contribution in [2.45, 2.75) is 18.4 Å². The van der Waals surface area contributed by atoms with E-state index in [1.54, 1.807) is 0 Å². The number of pyridine rings is 2. The third-order valence-corrected chi connectivity index (χ3v) is 4.43. The van der Waals surface area contributed by atoms with Crippen LogP contribution in [0, 0.1) is 5.82 Å². The Labute approximate surface area is 171 Å². The Balaban J connectivity index is 1.87. The number of hydrogen-bond donors (Lipinski definition) is 2. The number of hydrogen-bond acceptors (Lipinski definition) is 7. The normalized spacial score (nSPS) is 20.4. The highest BCUT2D eigenvalue weighted by atomic mass is 35.5. The van der Waals surface area contributed by atoms with Crippen molar-refractivity contribution in [2.75, 3.05) is 11.9 Å². The highest BCUT2D eigenvalue weighted by Gasteiger charge is 2.57. The van der Waals surface area contributed by atoms with Crippen molar-refractivity contribution in [3.8, 4) is 5.88 Å². The van der Waals surface area contributed by atoms with Crippen molar-refractivity contribution in [3.63, 3.8) is 0 Å². The van der Waals surface area contributed by atoms with Crippen molar-refractivity contribution in [3.05, 3.63) is 46.0 Å². The van der Waals surface area contributed by atoms with E-state index >= 15 is 0 Å². The molecule has 2 aromatic rings. The summed E-state index contributed by atoms with van der Waals surface area (Å²) in [6.45, 7) is -0.159. The van der Waals surface area contributed by atoms with Crippen LogP contribution in [0.2, 0.25) is 10.0 Å². The summed E-state index contributed by atoms with van der Waals surface area (Å²) < 4.78 is 52.6. The maximum Gasteiger partial charge on any atom is 0.419 e. The molecule has 0 radical (unpaired) electrons. The van der Waals surface area contributed by atoms with Crippen molar-refractivity contribution >= 4 is 41.1 Å². The zero-order chi connectivity index (χ0) is 21.4. The number of aromatic nitrogens is 2. The van der Waals surface area contributed by atoms with Gasteiger partial charge in [-0.05, 0) is 25.1 Å². The number of halogens is 5. The molecule has 0 spiro atoms. The lowest BCUT2D eigenvalue weighted by Crippen LogP contribution is -2.51. The molecular weight excluding hydrogens is 438 g/mol. The molecule has 3 rings (SSSR count). The molecule has 1 atom stereocenters. The van der Waals surface area contributed by atoms with Crippen molar-refractivity contribution < 1.29 is 27.4 Å². The minimum absolute atomic E-state index is 0.0421. The molecule has 0 aliphatic carbocycles. The van der Waals surface area contributed by atoms with Crippen LogP contribution in [0.15, 0.2) is 29.4 Å². The van der Waals surface area contributed by atoms with E-state index in [4.69, 9.17) is 33.7 Å². The monoisotopic (exact) mass is 449 g/mol. The van der Waals surface area contributed by atoms with E-state index in [0.717, 1.165) is 19.1 Å². The van der Waals surface area contributed by atoms with Crippen LogP contribution in [0.25, 0.3) is 0 Å². The lowest BCUT2D eigenvalue weighted by atomic mass is 9.89. The molecule has 0 bridgehead atoms. The number of anilines is 1. The largest absolute Gasteiger partial charge is 0.459 e. The van der Waals surface area contributed by atoms with Crippen LogP contribution in [0.3, 0.4) is 0 Å². The van der Waals surface area contributed by atoms with E-state index in [9.17, 15) is 18.0 Å². The first-order valence-corrected chi connectivity index (χ1v) is 8.60. The summed E-state index contributed by atoms with van der Waals surface area (Å²) in [6, 6.07) is 2.64. The molecule has 1 amide bonds. The van der Waals surface area contributed by atoms with E-state index < -0.39 is 41.7 Å². The van der Waals surface area contributed by atoms with E-state index in [2.05, 4.69) is 25.0 Å². The molecule has 8 nitrogen and oxygen atoms in total. The topological polar surface area (TPSA) is 112 Å². The van der Waals surface area contributed by atoms with Crippen molar-refractivity contribution in [2.24, 2.45) is 10.7 Å². The van der Waals surface area contributed by atoms with Crippen LogP contribution in [-0.2, 0) is 10.3 Å². The van der Waals surface area contributed by atoms with Gasteiger partial charge in [0.15, 0.2) is 12.1 Å². The summed E-state index contributed by atoms with van der Waals surface area (Å²) >= 11 is 11.5. The zero-order valence-corrected chi connectivity index (χ0v) is 16.1. The van der Waals surface area contributed by atoms with Crippen LogP contribution in [0.1, 0.15) is 12.6 Å². The lowest BCUT2D eigenvalue weighted by molar-refractivity contribution is -0.118. The fraction of sp³-hybridized carbons (Fsp3) is 0.250. The number of carbonyl (C=O) groups is 1. The zero-order valence-electron chi connectivity index (χ0n) is 14.6. The summed E-state index contributed by atoms with van der Waals surface area (Å²) in [5.41, 5.74) is 2.18. The second-order valence-corrected chi connectivity index (χ2v) is 6.84. The number of nitrogens with zero attached hydrogens (tertiary/aromatic N) is 3. The Kier molecular flexibility index (Phi) is 5.46. The quantitative estimate of drug-likeness (QED) is 0.738. The average Bonchev–Trinajstić information content (AvgIpc) is 2.63. The molecule has 0 saturated carbocycles. The fourth-order valence-electron chi connectivity index (χ4n) is 2.41. The summed E-state index contributed by atoms with van der Waals surface area (Å²) in [5.74, 6) is -5.24. The average molecular weight is 450 g/mol. The molecule has 0 aromatic carbocycles. The van der Waals surface area contributed by atoms with Gasteiger partial charge in [-0.3, -0.25) is 5.32 Å². The Bertz CT molecular complexity index is 1010. The van der Waals surface area contributed by atoms with Gasteiger partial charge in [0.2, 0.25) is 5.88 Å². The molecule has 3 heterocycles. The molecule has 154 valence electrons. The van der Waals surface area contributed by atoms with Gasteiger partial charge in [-0.2, -0.15) is 8.78 Å². The minimum atomic E-state index is -3.62. The van der Waals surface area contributed by atoms with Crippen molar-refractivity contribution in [1.82, 2.24) is 9.97 Å². The first kappa shape index (κ1) is 20.9. The Morgan fingerprint density at radius 2 is 2.10 bits per heavy atom. The van der Waals surface area contributed by atoms with E-state index in [1.807, 2.05) is 0 Å². The Hall–Kier alpha value is -2.79. The van der Waals surface area contributed by atoms with Gasteiger partial charge in [0.1, 0.15) is 22.4 Å². The summed E-state index contributed by atoms with van der Waals surface area (Å²) in [4.78, 5) is 23.1. The Morgan fingerprint density at radius 1 is 1.38 bits per heavy atom. The highest BCUT2D eigenvalue weighted by molar-refractivity contribution is 6.35. The molecule has 0 unspecified atom stereocenters. The smallest absolute Gasteiger partial charge is 0.419 e.